The fraction of sp³-hybridized carbons (Fsp3) is 0.667. The molecule has 1 amide bonds. The van der Waals surface area contributed by atoms with Gasteiger partial charge in [-0.05, 0) is 59.7 Å². The number of hydrogen-bond acceptors (Lipinski definition) is 1. The lowest BCUT2D eigenvalue weighted by Crippen LogP contribution is -2.54. The van der Waals surface area contributed by atoms with Crippen molar-refractivity contribution in [1.82, 2.24) is 4.90 Å². The van der Waals surface area contributed by atoms with Crippen LogP contribution in [0.25, 0.3) is 0 Å². The Bertz CT molecular complexity index is 600. The van der Waals surface area contributed by atoms with Crippen LogP contribution in [0.3, 0.4) is 0 Å². The lowest BCUT2D eigenvalue weighted by atomic mass is 9.50. The second-order valence-corrected chi connectivity index (χ2v) is 8.25. The van der Waals surface area contributed by atoms with E-state index in [1.54, 1.807) is 6.92 Å². The van der Waals surface area contributed by atoms with Crippen molar-refractivity contribution in [3.63, 3.8) is 0 Å². The summed E-state index contributed by atoms with van der Waals surface area (Å²) in [5.74, 6) is 15.5. The predicted molar refractivity (Wildman–Crippen MR) is 96.2 cm³/mol. The predicted octanol–water partition coefficient (Wildman–Crippen LogP) is 3.72. The summed E-state index contributed by atoms with van der Waals surface area (Å²) in [7, 11) is 0. The number of nitrogens with zero attached hydrogens (tertiary/aromatic N) is 1. The molecule has 2 nitrogen and oxygen atoms in total. The number of piperidine rings is 1. The van der Waals surface area contributed by atoms with Crippen LogP contribution in [-0.2, 0) is 4.79 Å². The molecule has 0 unspecified atom stereocenters. The van der Waals surface area contributed by atoms with E-state index in [4.69, 9.17) is 0 Å². The Hall–Kier alpha value is -1.85. The van der Waals surface area contributed by atoms with Crippen LogP contribution in [-0.4, -0.2) is 23.9 Å². The molecule has 0 spiro atoms. The molecule has 0 aromatic heterocycles. The maximum Gasteiger partial charge on any atom is 0.299 e. The fourth-order valence-corrected chi connectivity index (χ4v) is 4.01. The Morgan fingerprint density at radius 2 is 1.35 bits per heavy atom. The van der Waals surface area contributed by atoms with Crippen LogP contribution in [0.4, 0.5) is 0 Å². The molecule has 0 aromatic rings. The van der Waals surface area contributed by atoms with E-state index >= 15 is 0 Å². The highest BCUT2D eigenvalue weighted by molar-refractivity contribution is 5.94. The van der Waals surface area contributed by atoms with Crippen molar-refractivity contribution in [3.8, 4) is 35.5 Å². The van der Waals surface area contributed by atoms with Crippen molar-refractivity contribution < 1.29 is 4.79 Å². The first-order valence-electron chi connectivity index (χ1n) is 8.27. The average molecular weight is 311 g/mol. The number of amides is 1. The zero-order chi connectivity index (χ0) is 17.7. The summed E-state index contributed by atoms with van der Waals surface area (Å²) in [5.41, 5.74) is 0.632. The van der Waals surface area contributed by atoms with Gasteiger partial charge in [0.2, 0.25) is 0 Å². The van der Waals surface area contributed by atoms with E-state index in [-0.39, 0.29) is 22.2 Å². The largest absolute Gasteiger partial charge is 0.332 e. The minimum absolute atomic E-state index is 0.125. The Morgan fingerprint density at radius 1 is 0.870 bits per heavy atom. The minimum Gasteiger partial charge on any atom is -0.332 e. The smallest absolute Gasteiger partial charge is 0.299 e. The molecule has 0 aliphatic carbocycles. The maximum absolute atomic E-state index is 12.2. The molecule has 1 aliphatic heterocycles. The summed E-state index contributed by atoms with van der Waals surface area (Å²) in [4.78, 5) is 14.0. The third-order valence-electron chi connectivity index (χ3n) is 5.26. The summed E-state index contributed by atoms with van der Waals surface area (Å²) >= 11 is 0. The zero-order valence-corrected chi connectivity index (χ0v) is 15.7. The van der Waals surface area contributed by atoms with Gasteiger partial charge in [0.25, 0.3) is 5.91 Å². The van der Waals surface area contributed by atoms with Gasteiger partial charge in [0.05, 0.1) is 0 Å². The molecule has 0 atom stereocenters. The molecule has 2 heteroatoms. The molecule has 0 radical (unpaired) electrons. The van der Waals surface area contributed by atoms with Crippen LogP contribution in [0.2, 0.25) is 0 Å². The maximum atomic E-state index is 12.2. The first-order valence-corrected chi connectivity index (χ1v) is 8.27. The van der Waals surface area contributed by atoms with Gasteiger partial charge in [-0.25, -0.2) is 0 Å². The van der Waals surface area contributed by atoms with Gasteiger partial charge in [-0.3, -0.25) is 4.79 Å². The monoisotopic (exact) mass is 311 g/mol. The Balaban J connectivity index is 2.83. The SMILES string of the molecule is CC#CC#CC#CC(=O)N1CCC(C(C)(C)C)(C(C)(C)C)CC1. The van der Waals surface area contributed by atoms with E-state index < -0.39 is 0 Å². The highest BCUT2D eigenvalue weighted by atomic mass is 16.2. The quantitative estimate of drug-likeness (QED) is 0.624. The highest BCUT2D eigenvalue weighted by Crippen LogP contribution is 2.57. The molecule has 0 saturated carbocycles. The summed E-state index contributed by atoms with van der Waals surface area (Å²) in [6, 6.07) is 0. The summed E-state index contributed by atoms with van der Waals surface area (Å²) < 4.78 is 0. The van der Waals surface area contributed by atoms with Crippen molar-refractivity contribution >= 4 is 5.91 Å². The van der Waals surface area contributed by atoms with E-state index in [0.29, 0.717) is 0 Å². The third kappa shape index (κ3) is 4.33. The lowest BCUT2D eigenvalue weighted by Gasteiger charge is -2.57. The summed E-state index contributed by atoms with van der Waals surface area (Å²) in [6.45, 7) is 17.2. The molecular formula is C21H29NO. The van der Waals surface area contributed by atoms with Gasteiger partial charge in [0.15, 0.2) is 0 Å². The van der Waals surface area contributed by atoms with Crippen LogP contribution in [0.15, 0.2) is 0 Å². The van der Waals surface area contributed by atoms with Crippen LogP contribution >= 0.6 is 0 Å². The van der Waals surface area contributed by atoms with Crippen molar-refractivity contribution in [1.29, 1.82) is 0 Å². The van der Waals surface area contributed by atoms with Crippen LogP contribution in [0.5, 0.6) is 0 Å². The normalized spacial score (nSPS) is 16.9. The van der Waals surface area contributed by atoms with Crippen LogP contribution < -0.4 is 0 Å². The van der Waals surface area contributed by atoms with E-state index in [1.807, 2.05) is 4.90 Å². The number of hydrogen-bond donors (Lipinski definition) is 0. The van der Waals surface area contributed by atoms with E-state index in [2.05, 4.69) is 77.1 Å². The van der Waals surface area contributed by atoms with Gasteiger partial charge in [0.1, 0.15) is 0 Å². The minimum atomic E-state index is -0.125. The molecule has 1 aliphatic rings. The molecule has 0 N–H and O–H groups in total. The van der Waals surface area contributed by atoms with E-state index in [0.717, 1.165) is 25.9 Å². The third-order valence-corrected chi connectivity index (χ3v) is 5.26. The average Bonchev–Trinajstić information content (AvgIpc) is 2.44. The highest BCUT2D eigenvalue weighted by Gasteiger charge is 2.51. The Kier molecular flexibility index (Phi) is 5.97. The van der Waals surface area contributed by atoms with Crippen molar-refractivity contribution in [2.24, 2.45) is 16.2 Å². The van der Waals surface area contributed by atoms with Crippen LogP contribution in [0, 0.1) is 51.8 Å². The topological polar surface area (TPSA) is 20.3 Å². The number of likely N-dealkylation sites (tertiary alicyclic amines) is 1. The molecule has 0 bridgehead atoms. The van der Waals surface area contributed by atoms with Crippen molar-refractivity contribution in [3.05, 3.63) is 0 Å². The Morgan fingerprint density at radius 3 is 1.78 bits per heavy atom. The molecule has 1 rings (SSSR count). The van der Waals surface area contributed by atoms with Gasteiger partial charge in [-0.2, -0.15) is 0 Å². The van der Waals surface area contributed by atoms with Crippen molar-refractivity contribution in [2.45, 2.75) is 61.3 Å². The fourth-order valence-electron chi connectivity index (χ4n) is 4.01. The van der Waals surface area contributed by atoms with Crippen LogP contribution in [0.1, 0.15) is 61.3 Å². The van der Waals surface area contributed by atoms with E-state index in [1.165, 1.54) is 0 Å². The molecule has 23 heavy (non-hydrogen) atoms. The number of carbonyl (C=O) groups excluding carboxylic acids is 1. The lowest BCUT2D eigenvalue weighted by molar-refractivity contribution is -0.134. The van der Waals surface area contributed by atoms with Gasteiger partial charge in [0, 0.05) is 19.0 Å². The first kappa shape index (κ1) is 19.2. The number of carbonyl (C=O) groups is 1. The van der Waals surface area contributed by atoms with Crippen molar-refractivity contribution in [2.75, 3.05) is 13.1 Å². The summed E-state index contributed by atoms with van der Waals surface area (Å²) in [5, 5.41) is 0. The standard InChI is InChI=1S/C21H29NO/c1-8-9-10-11-12-13-18(23)22-16-14-21(15-17-22,19(2,3)4)20(5,6)7/h14-17H2,1-7H3. The second kappa shape index (κ2) is 7.15. The Labute approximate surface area is 142 Å². The van der Waals surface area contributed by atoms with Gasteiger partial charge < -0.3 is 4.90 Å². The molecule has 0 aromatic carbocycles. The number of rotatable bonds is 0. The van der Waals surface area contributed by atoms with Gasteiger partial charge in [-0.15, -0.1) is 0 Å². The first-order chi connectivity index (χ1) is 10.5. The molecule has 124 valence electrons. The van der Waals surface area contributed by atoms with Gasteiger partial charge in [-0.1, -0.05) is 47.5 Å². The van der Waals surface area contributed by atoms with E-state index in [9.17, 15) is 4.79 Å². The van der Waals surface area contributed by atoms with Gasteiger partial charge >= 0.3 is 0 Å². The molecule has 1 heterocycles. The molecular weight excluding hydrogens is 282 g/mol. The zero-order valence-electron chi connectivity index (χ0n) is 15.7. The molecule has 1 saturated heterocycles. The second-order valence-electron chi connectivity index (χ2n) is 8.25. The summed E-state index contributed by atoms with van der Waals surface area (Å²) in [6.07, 6.45) is 2.03. The molecule has 1 fully saturated rings.